The smallest absolute Gasteiger partial charge is 0.308 e. The summed E-state index contributed by atoms with van der Waals surface area (Å²) in [6.45, 7) is 2.35. The van der Waals surface area contributed by atoms with Crippen LogP contribution >= 0.6 is 0 Å². The lowest BCUT2D eigenvalue weighted by Crippen LogP contribution is -2.50. The van der Waals surface area contributed by atoms with Crippen molar-refractivity contribution >= 4 is 25.6 Å². The van der Waals surface area contributed by atoms with Gasteiger partial charge < -0.3 is 4.74 Å². The molecule has 0 bridgehead atoms. The molecule has 0 aromatic heterocycles. The number of sulfone groups is 2. The Morgan fingerprint density at radius 3 is 2.43 bits per heavy atom. The van der Waals surface area contributed by atoms with Crippen molar-refractivity contribution in [2.24, 2.45) is 5.92 Å². The van der Waals surface area contributed by atoms with E-state index in [4.69, 9.17) is 4.74 Å². The van der Waals surface area contributed by atoms with Crippen molar-refractivity contribution in [1.29, 1.82) is 0 Å². The van der Waals surface area contributed by atoms with Crippen molar-refractivity contribution in [1.82, 2.24) is 4.90 Å². The van der Waals surface area contributed by atoms with Gasteiger partial charge in [0.25, 0.3) is 0 Å². The van der Waals surface area contributed by atoms with E-state index in [1.165, 1.54) is 20.1 Å². The van der Waals surface area contributed by atoms with E-state index in [-0.39, 0.29) is 28.1 Å². The molecular formula is C18H24FNO6S2. The molecule has 10 heteroatoms. The molecule has 2 saturated heterocycles. The SMILES string of the molecule is COC(=O)C1CCN([C@H]2CS(=O)(=O)C[C@@H]2S(=O)(=O)c2ccc(F)cc2C)CC1. The van der Waals surface area contributed by atoms with Crippen LogP contribution in [0.15, 0.2) is 23.1 Å². The Hall–Kier alpha value is -1.52. The van der Waals surface area contributed by atoms with Gasteiger partial charge in [-0.3, -0.25) is 9.69 Å². The maximum Gasteiger partial charge on any atom is 0.308 e. The van der Waals surface area contributed by atoms with Crippen LogP contribution in [-0.4, -0.2) is 70.7 Å². The topological polar surface area (TPSA) is 97.8 Å². The van der Waals surface area contributed by atoms with Crippen LogP contribution in [0.4, 0.5) is 4.39 Å². The Morgan fingerprint density at radius 2 is 1.86 bits per heavy atom. The predicted molar refractivity (Wildman–Crippen MR) is 101 cm³/mol. The molecule has 2 aliphatic rings. The largest absolute Gasteiger partial charge is 0.469 e. The van der Waals surface area contributed by atoms with Gasteiger partial charge in [0.15, 0.2) is 19.7 Å². The third-order valence-electron chi connectivity index (χ3n) is 5.65. The number of hydrogen-bond donors (Lipinski definition) is 0. The first kappa shape index (κ1) is 21.2. The van der Waals surface area contributed by atoms with Gasteiger partial charge >= 0.3 is 5.97 Å². The third-order valence-corrected chi connectivity index (χ3v) is 9.92. The predicted octanol–water partition coefficient (Wildman–Crippen LogP) is 0.958. The van der Waals surface area contributed by atoms with Gasteiger partial charge in [0.1, 0.15) is 5.82 Å². The number of esters is 1. The number of carbonyl (C=O) groups is 1. The zero-order chi connectivity index (χ0) is 20.7. The molecule has 2 heterocycles. The van der Waals surface area contributed by atoms with Crippen LogP contribution in [0.3, 0.4) is 0 Å². The average molecular weight is 434 g/mol. The second-order valence-corrected chi connectivity index (χ2v) is 11.8. The minimum absolute atomic E-state index is 0.0366. The molecule has 156 valence electrons. The fourth-order valence-electron chi connectivity index (χ4n) is 4.16. The summed E-state index contributed by atoms with van der Waals surface area (Å²) in [4.78, 5) is 13.5. The molecule has 0 N–H and O–H groups in total. The molecule has 0 spiro atoms. The van der Waals surface area contributed by atoms with Gasteiger partial charge in [-0.1, -0.05) is 0 Å². The zero-order valence-electron chi connectivity index (χ0n) is 15.8. The molecule has 1 aromatic carbocycles. The highest BCUT2D eigenvalue weighted by Crippen LogP contribution is 2.33. The van der Waals surface area contributed by atoms with Crippen LogP contribution in [-0.2, 0) is 29.2 Å². The van der Waals surface area contributed by atoms with Crippen molar-refractivity contribution in [3.05, 3.63) is 29.6 Å². The molecule has 0 amide bonds. The number of hydrogen-bond acceptors (Lipinski definition) is 7. The monoisotopic (exact) mass is 433 g/mol. The molecule has 7 nitrogen and oxygen atoms in total. The van der Waals surface area contributed by atoms with Gasteiger partial charge in [0.05, 0.1) is 34.7 Å². The number of piperidine rings is 1. The minimum Gasteiger partial charge on any atom is -0.469 e. The van der Waals surface area contributed by atoms with E-state index in [1.54, 1.807) is 0 Å². The number of ether oxygens (including phenoxy) is 1. The van der Waals surface area contributed by atoms with E-state index in [9.17, 15) is 26.0 Å². The van der Waals surface area contributed by atoms with E-state index in [1.807, 2.05) is 4.90 Å². The van der Waals surface area contributed by atoms with Crippen molar-refractivity contribution in [3.8, 4) is 0 Å². The molecule has 0 aliphatic carbocycles. The first-order chi connectivity index (χ1) is 13.0. The van der Waals surface area contributed by atoms with Gasteiger partial charge in [-0.05, 0) is 56.6 Å². The number of halogens is 1. The molecule has 0 saturated carbocycles. The number of carbonyl (C=O) groups excluding carboxylic acids is 1. The molecule has 2 aliphatic heterocycles. The second-order valence-electron chi connectivity index (χ2n) is 7.47. The van der Waals surface area contributed by atoms with Crippen LogP contribution in [0.2, 0.25) is 0 Å². The average Bonchev–Trinajstić information content (AvgIpc) is 2.97. The Balaban J connectivity index is 1.88. The van der Waals surface area contributed by atoms with Crippen molar-refractivity contribution in [2.45, 2.75) is 36.0 Å². The standard InChI is InChI=1S/C18H24FNO6S2/c1-12-9-14(19)3-4-16(12)28(24,25)17-11-27(22,23)10-15(17)20-7-5-13(6-8-20)18(21)26-2/h3-4,9,13,15,17H,5-8,10-11H2,1-2H3/t15-,17-/m0/s1. The Bertz CT molecular complexity index is 968. The van der Waals surface area contributed by atoms with Gasteiger partial charge in [0, 0.05) is 6.04 Å². The van der Waals surface area contributed by atoms with Crippen molar-refractivity contribution < 1.29 is 30.8 Å². The van der Waals surface area contributed by atoms with Gasteiger partial charge in [0.2, 0.25) is 0 Å². The highest BCUT2D eigenvalue weighted by molar-refractivity contribution is 7.96. The first-order valence-electron chi connectivity index (χ1n) is 9.07. The maximum absolute atomic E-state index is 13.4. The maximum atomic E-state index is 13.4. The number of methoxy groups -OCH3 is 1. The summed E-state index contributed by atoms with van der Waals surface area (Å²) < 4.78 is 69.2. The third kappa shape index (κ3) is 4.08. The van der Waals surface area contributed by atoms with Crippen LogP contribution in [0.25, 0.3) is 0 Å². The van der Waals surface area contributed by atoms with E-state index in [0.29, 0.717) is 25.9 Å². The van der Waals surface area contributed by atoms with Crippen molar-refractivity contribution in [2.75, 3.05) is 31.7 Å². The summed E-state index contributed by atoms with van der Waals surface area (Å²) in [7, 11) is -6.17. The summed E-state index contributed by atoms with van der Waals surface area (Å²) in [6.07, 6.45) is 0.983. The first-order valence-corrected chi connectivity index (χ1v) is 12.4. The van der Waals surface area contributed by atoms with Crippen molar-refractivity contribution in [3.63, 3.8) is 0 Å². The Kier molecular flexibility index (Phi) is 5.84. The summed E-state index contributed by atoms with van der Waals surface area (Å²) in [5, 5.41) is -1.11. The second kappa shape index (κ2) is 7.72. The number of aryl methyl sites for hydroxylation is 1. The lowest BCUT2D eigenvalue weighted by atomic mass is 9.95. The van der Waals surface area contributed by atoms with Gasteiger partial charge in [-0.2, -0.15) is 0 Å². The fourth-order valence-corrected chi connectivity index (χ4v) is 9.22. The molecule has 2 fully saturated rings. The molecule has 0 unspecified atom stereocenters. The highest BCUT2D eigenvalue weighted by atomic mass is 32.2. The highest BCUT2D eigenvalue weighted by Gasteiger charge is 2.49. The molecule has 28 heavy (non-hydrogen) atoms. The molecule has 2 atom stereocenters. The fraction of sp³-hybridized carbons (Fsp3) is 0.611. The number of nitrogens with zero attached hydrogens (tertiary/aromatic N) is 1. The number of rotatable bonds is 4. The summed E-state index contributed by atoms with van der Waals surface area (Å²) in [5.41, 5.74) is 0.257. The zero-order valence-corrected chi connectivity index (χ0v) is 17.4. The summed E-state index contributed by atoms with van der Waals surface area (Å²) in [6, 6.07) is 2.72. The van der Waals surface area contributed by atoms with Gasteiger partial charge in [-0.25, -0.2) is 21.2 Å². The van der Waals surface area contributed by atoms with Crippen LogP contribution < -0.4 is 0 Å². The van der Waals surface area contributed by atoms with Crippen LogP contribution in [0, 0.1) is 18.7 Å². The normalized spacial score (nSPS) is 26.2. The molecule has 3 rings (SSSR count). The number of benzene rings is 1. The summed E-state index contributed by atoms with van der Waals surface area (Å²) in [5.74, 6) is -1.79. The minimum atomic E-state index is -3.97. The molecule has 0 radical (unpaired) electrons. The van der Waals surface area contributed by atoms with E-state index in [2.05, 4.69) is 0 Å². The molecule has 1 aromatic rings. The van der Waals surface area contributed by atoms with Crippen LogP contribution in [0.5, 0.6) is 0 Å². The number of likely N-dealkylation sites (tertiary alicyclic amines) is 1. The quantitative estimate of drug-likeness (QED) is 0.515. The lowest BCUT2D eigenvalue weighted by Gasteiger charge is -2.36. The van der Waals surface area contributed by atoms with E-state index in [0.717, 1.165) is 12.1 Å². The Labute approximate surface area is 164 Å². The van der Waals surface area contributed by atoms with E-state index >= 15 is 0 Å². The Morgan fingerprint density at radius 1 is 1.21 bits per heavy atom. The molecular weight excluding hydrogens is 409 g/mol. The lowest BCUT2D eigenvalue weighted by molar-refractivity contribution is -0.147. The van der Waals surface area contributed by atoms with Crippen LogP contribution in [0.1, 0.15) is 18.4 Å². The summed E-state index contributed by atoms with van der Waals surface area (Å²) >= 11 is 0. The van der Waals surface area contributed by atoms with E-state index < -0.39 is 42.5 Å². The van der Waals surface area contributed by atoms with Gasteiger partial charge in [-0.15, -0.1) is 0 Å².